The van der Waals surface area contributed by atoms with Crippen molar-refractivity contribution in [3.8, 4) is 0 Å². The number of hydrogen-bond acceptors (Lipinski definition) is 6. The lowest BCUT2D eigenvalue weighted by atomic mass is 9.73. The van der Waals surface area contributed by atoms with E-state index in [1.165, 1.54) is 7.11 Å². The molecule has 2 amide bonds. The highest BCUT2D eigenvalue weighted by atomic mass is 16.6. The molecule has 2 aliphatic heterocycles. The van der Waals surface area contributed by atoms with Gasteiger partial charge >= 0.3 is 12.2 Å². The van der Waals surface area contributed by atoms with Gasteiger partial charge in [0, 0.05) is 13.1 Å². The molecule has 0 radical (unpaired) electrons. The summed E-state index contributed by atoms with van der Waals surface area (Å²) in [7, 11) is 3.43. The van der Waals surface area contributed by atoms with E-state index in [-0.39, 0.29) is 36.4 Å². The van der Waals surface area contributed by atoms with Crippen LogP contribution in [0.1, 0.15) is 52.4 Å². The number of rotatable bonds is 5. The Hall–Kier alpha value is -1.54. The molecule has 2 N–H and O–H groups in total. The van der Waals surface area contributed by atoms with Gasteiger partial charge in [-0.2, -0.15) is 0 Å². The molecule has 0 bridgehead atoms. The summed E-state index contributed by atoms with van der Waals surface area (Å²) in [5.74, 6) is 1.10. The number of ether oxygens (including phenoxy) is 2. The van der Waals surface area contributed by atoms with Crippen LogP contribution >= 0.6 is 0 Å². The van der Waals surface area contributed by atoms with Crippen molar-refractivity contribution in [2.75, 3.05) is 40.3 Å². The van der Waals surface area contributed by atoms with Gasteiger partial charge in [0.2, 0.25) is 0 Å². The van der Waals surface area contributed by atoms with Crippen LogP contribution in [-0.4, -0.2) is 86.6 Å². The first-order chi connectivity index (χ1) is 14.5. The van der Waals surface area contributed by atoms with Crippen LogP contribution in [0, 0.1) is 11.8 Å². The predicted octanol–water partition coefficient (Wildman–Crippen LogP) is 2.43. The third kappa shape index (κ3) is 5.02. The lowest BCUT2D eigenvalue weighted by Gasteiger charge is -2.53. The Morgan fingerprint density at radius 3 is 2.63 bits per heavy atom. The number of piperidine rings is 1. The molecular formula is C22H40N4O4. The molecule has 8 heteroatoms. The fourth-order valence-electron chi connectivity index (χ4n) is 5.75. The molecule has 3 rings (SSSR count). The van der Waals surface area contributed by atoms with E-state index in [4.69, 9.17) is 9.47 Å². The van der Waals surface area contributed by atoms with Crippen molar-refractivity contribution >= 4 is 12.2 Å². The fraction of sp³-hybridized carbons (Fsp3) is 0.909. The van der Waals surface area contributed by atoms with Crippen molar-refractivity contribution in [3.63, 3.8) is 0 Å². The molecule has 0 aromatic carbocycles. The molecule has 0 aromatic heterocycles. The smallest absolute Gasteiger partial charge is 0.410 e. The van der Waals surface area contributed by atoms with E-state index in [1.807, 2.05) is 23.8 Å². The molecule has 3 fully saturated rings. The van der Waals surface area contributed by atoms with Crippen LogP contribution in [0.4, 0.5) is 9.59 Å². The topological polar surface area (TPSA) is 83.1 Å². The van der Waals surface area contributed by atoms with E-state index in [9.17, 15) is 9.59 Å². The first-order valence-corrected chi connectivity index (χ1v) is 11.7. The molecule has 0 spiro atoms. The minimum absolute atomic E-state index is 0.0124. The number of methoxy groups -OCH3 is 1. The van der Waals surface area contributed by atoms with Crippen LogP contribution in [0.5, 0.6) is 0 Å². The maximum Gasteiger partial charge on any atom is 0.410 e. The zero-order valence-corrected chi connectivity index (χ0v) is 19.1. The fourth-order valence-corrected chi connectivity index (χ4v) is 5.75. The molecule has 6 atom stereocenters. The van der Waals surface area contributed by atoms with E-state index in [0.29, 0.717) is 18.4 Å². The molecule has 1 saturated carbocycles. The first-order valence-electron chi connectivity index (χ1n) is 11.7. The summed E-state index contributed by atoms with van der Waals surface area (Å²) in [6.45, 7) is 7.41. The SMILES string of the molecule is CCC(CNC)C1CCC2C(C1)N(C(=O)OC1CCCNC1)CC(C)N2C(=O)OC. The number of carbonyl (C=O) groups excluding carboxylic acids is 2. The highest BCUT2D eigenvalue weighted by molar-refractivity contribution is 5.72. The largest absolute Gasteiger partial charge is 0.453 e. The third-order valence-corrected chi connectivity index (χ3v) is 7.31. The van der Waals surface area contributed by atoms with Gasteiger partial charge in [-0.05, 0) is 71.0 Å². The number of fused-ring (bicyclic) bond motifs is 1. The molecule has 1 aliphatic carbocycles. The van der Waals surface area contributed by atoms with Crippen molar-refractivity contribution in [1.29, 1.82) is 0 Å². The molecule has 2 saturated heterocycles. The molecule has 8 nitrogen and oxygen atoms in total. The van der Waals surface area contributed by atoms with Crippen molar-refractivity contribution < 1.29 is 19.1 Å². The monoisotopic (exact) mass is 424 g/mol. The van der Waals surface area contributed by atoms with Crippen LogP contribution in [0.3, 0.4) is 0 Å². The second-order valence-electron chi connectivity index (χ2n) is 9.16. The van der Waals surface area contributed by atoms with Crippen LogP contribution in [0.15, 0.2) is 0 Å². The Labute approximate surface area is 181 Å². The standard InChI is InChI=1S/C22H40N4O4/c1-5-16(12-23-3)17-8-9-19-20(11-17)25(14-15(2)26(19)22(28)29-4)21(27)30-18-7-6-10-24-13-18/h15-20,23-24H,5-14H2,1-4H3. The maximum atomic E-state index is 13.2. The van der Waals surface area contributed by atoms with E-state index in [2.05, 4.69) is 17.6 Å². The minimum atomic E-state index is -0.289. The zero-order valence-electron chi connectivity index (χ0n) is 19.1. The highest BCUT2D eigenvalue weighted by Gasteiger charge is 2.49. The van der Waals surface area contributed by atoms with Crippen molar-refractivity contribution in [3.05, 3.63) is 0 Å². The molecule has 30 heavy (non-hydrogen) atoms. The summed E-state index contributed by atoms with van der Waals surface area (Å²) >= 11 is 0. The molecule has 0 aromatic rings. The van der Waals surface area contributed by atoms with Gasteiger partial charge in [0.15, 0.2) is 0 Å². The van der Waals surface area contributed by atoms with Gasteiger partial charge in [-0.25, -0.2) is 9.59 Å². The van der Waals surface area contributed by atoms with Crippen molar-refractivity contribution in [2.24, 2.45) is 11.8 Å². The molecule has 172 valence electrons. The lowest BCUT2D eigenvalue weighted by Crippen LogP contribution is -2.67. The molecular weight excluding hydrogens is 384 g/mol. The Bertz CT molecular complexity index is 583. The highest BCUT2D eigenvalue weighted by Crippen LogP contribution is 2.39. The van der Waals surface area contributed by atoms with Gasteiger partial charge in [0.25, 0.3) is 0 Å². The van der Waals surface area contributed by atoms with Gasteiger partial charge < -0.3 is 25.0 Å². The van der Waals surface area contributed by atoms with Crippen LogP contribution in [0.25, 0.3) is 0 Å². The maximum absolute atomic E-state index is 13.2. The van der Waals surface area contributed by atoms with Crippen molar-refractivity contribution in [1.82, 2.24) is 20.4 Å². The Balaban J connectivity index is 1.78. The average molecular weight is 425 g/mol. The molecule has 2 heterocycles. The normalized spacial score (nSPS) is 32.9. The second-order valence-corrected chi connectivity index (χ2v) is 9.16. The number of carbonyl (C=O) groups is 2. The summed E-state index contributed by atoms with van der Waals surface area (Å²) in [6.07, 6.45) is 5.33. The number of nitrogens with one attached hydrogen (secondary N) is 2. The quantitative estimate of drug-likeness (QED) is 0.705. The van der Waals surface area contributed by atoms with Gasteiger partial charge in [-0.1, -0.05) is 13.3 Å². The van der Waals surface area contributed by atoms with Gasteiger partial charge in [-0.3, -0.25) is 4.90 Å². The summed E-state index contributed by atoms with van der Waals surface area (Å²) in [6, 6.07) is -0.123. The van der Waals surface area contributed by atoms with E-state index in [0.717, 1.165) is 58.2 Å². The molecule has 6 unspecified atom stereocenters. The third-order valence-electron chi connectivity index (χ3n) is 7.31. The average Bonchev–Trinajstić information content (AvgIpc) is 2.76. The second kappa shape index (κ2) is 10.7. The van der Waals surface area contributed by atoms with Gasteiger partial charge in [0.05, 0.1) is 25.2 Å². The first kappa shape index (κ1) is 23.1. The van der Waals surface area contributed by atoms with Crippen molar-refractivity contribution in [2.45, 2.75) is 76.6 Å². The van der Waals surface area contributed by atoms with Crippen LogP contribution in [0.2, 0.25) is 0 Å². The Morgan fingerprint density at radius 1 is 1.20 bits per heavy atom. The van der Waals surface area contributed by atoms with E-state index < -0.39 is 0 Å². The summed E-state index contributed by atoms with van der Waals surface area (Å²) < 4.78 is 11.0. The van der Waals surface area contributed by atoms with Crippen LogP contribution < -0.4 is 10.6 Å². The van der Waals surface area contributed by atoms with Crippen LogP contribution in [-0.2, 0) is 9.47 Å². The number of nitrogens with zero attached hydrogens (tertiary/aromatic N) is 2. The predicted molar refractivity (Wildman–Crippen MR) is 115 cm³/mol. The summed E-state index contributed by atoms with van der Waals surface area (Å²) in [5.41, 5.74) is 0. The Morgan fingerprint density at radius 2 is 2.00 bits per heavy atom. The van der Waals surface area contributed by atoms with E-state index >= 15 is 0 Å². The summed E-state index contributed by atoms with van der Waals surface area (Å²) in [5, 5.41) is 6.63. The summed E-state index contributed by atoms with van der Waals surface area (Å²) in [4.78, 5) is 29.5. The lowest BCUT2D eigenvalue weighted by molar-refractivity contribution is -0.0488. The van der Waals surface area contributed by atoms with Gasteiger partial charge in [0.1, 0.15) is 6.10 Å². The van der Waals surface area contributed by atoms with E-state index in [1.54, 1.807) is 0 Å². The minimum Gasteiger partial charge on any atom is -0.453 e. The van der Waals surface area contributed by atoms with Gasteiger partial charge in [-0.15, -0.1) is 0 Å². The number of amides is 2. The number of piperazine rings is 1. The zero-order chi connectivity index (χ0) is 21.7. The Kier molecular flexibility index (Phi) is 8.22. The number of hydrogen-bond donors (Lipinski definition) is 2. The molecule has 3 aliphatic rings.